The second-order valence-corrected chi connectivity index (χ2v) is 8.72. The molecule has 0 saturated heterocycles. The van der Waals surface area contributed by atoms with Crippen molar-refractivity contribution >= 4 is 27.3 Å². The number of sulfonamides is 1. The van der Waals surface area contributed by atoms with Gasteiger partial charge in [-0.3, -0.25) is 9.52 Å². The lowest BCUT2D eigenvalue weighted by molar-refractivity contribution is -0.136. The highest BCUT2D eigenvalue weighted by atomic mass is 32.2. The molecule has 1 N–H and O–H groups in total. The summed E-state index contributed by atoms with van der Waals surface area (Å²) < 4.78 is 25.5. The van der Waals surface area contributed by atoms with E-state index in [4.69, 9.17) is 0 Å². The number of rotatable bonds is 5. The van der Waals surface area contributed by atoms with Gasteiger partial charge in [0.2, 0.25) is 15.9 Å². The van der Waals surface area contributed by atoms with Crippen molar-refractivity contribution in [1.82, 2.24) is 5.01 Å². The molecule has 1 aliphatic heterocycles. The summed E-state index contributed by atoms with van der Waals surface area (Å²) in [6.07, 6.45) is 1.69. The Morgan fingerprint density at radius 3 is 2.48 bits per heavy atom. The normalized spacial score (nSPS) is 17.1. The maximum absolute atomic E-state index is 12.7. The molecule has 2 aromatic rings. The van der Waals surface area contributed by atoms with Crippen LogP contribution in [-0.2, 0) is 14.8 Å². The van der Waals surface area contributed by atoms with Crippen molar-refractivity contribution < 1.29 is 13.2 Å². The van der Waals surface area contributed by atoms with Crippen LogP contribution in [-0.4, -0.2) is 31.3 Å². The fourth-order valence-corrected chi connectivity index (χ4v) is 3.62. The number of nitrogens with zero attached hydrogens (tertiary/aromatic N) is 2. The highest BCUT2D eigenvalue weighted by molar-refractivity contribution is 7.92. The van der Waals surface area contributed by atoms with Crippen molar-refractivity contribution in [2.75, 3.05) is 11.0 Å². The molecule has 1 heterocycles. The van der Waals surface area contributed by atoms with Crippen molar-refractivity contribution in [2.24, 2.45) is 11.0 Å². The first-order valence-corrected chi connectivity index (χ1v) is 10.7. The molecule has 0 fully saturated rings. The highest BCUT2D eigenvalue weighted by Crippen LogP contribution is 2.34. The summed E-state index contributed by atoms with van der Waals surface area (Å²) in [5, 5.41) is 6.16. The second kappa shape index (κ2) is 7.52. The van der Waals surface area contributed by atoms with Crippen LogP contribution in [0.2, 0.25) is 0 Å². The average Bonchev–Trinajstić information content (AvgIpc) is 3.06. The van der Waals surface area contributed by atoms with Crippen molar-refractivity contribution in [3.05, 3.63) is 65.7 Å². The van der Waals surface area contributed by atoms with Gasteiger partial charge in [-0.1, -0.05) is 56.3 Å². The van der Waals surface area contributed by atoms with E-state index in [0.717, 1.165) is 23.1 Å². The van der Waals surface area contributed by atoms with Crippen LogP contribution in [0, 0.1) is 5.92 Å². The number of hydrazone groups is 1. The highest BCUT2D eigenvalue weighted by Gasteiger charge is 2.34. The van der Waals surface area contributed by atoms with Gasteiger partial charge in [-0.25, -0.2) is 13.4 Å². The van der Waals surface area contributed by atoms with Crippen LogP contribution in [0.1, 0.15) is 37.4 Å². The lowest BCUT2D eigenvalue weighted by Crippen LogP contribution is -2.30. The van der Waals surface area contributed by atoms with Crippen LogP contribution in [0.15, 0.2) is 59.7 Å². The molecule has 3 rings (SSSR count). The lowest BCUT2D eigenvalue weighted by Gasteiger charge is -2.23. The lowest BCUT2D eigenvalue weighted by atomic mass is 9.98. The molecule has 0 aliphatic carbocycles. The third-order valence-electron chi connectivity index (χ3n) is 4.31. The zero-order valence-electron chi connectivity index (χ0n) is 15.6. The summed E-state index contributed by atoms with van der Waals surface area (Å²) >= 11 is 0. The minimum Gasteiger partial charge on any atom is -0.284 e. The molecule has 0 spiro atoms. The van der Waals surface area contributed by atoms with E-state index in [0.29, 0.717) is 12.1 Å². The van der Waals surface area contributed by atoms with Crippen LogP contribution in [0.4, 0.5) is 5.69 Å². The summed E-state index contributed by atoms with van der Waals surface area (Å²) in [7, 11) is -3.36. The van der Waals surface area contributed by atoms with Gasteiger partial charge in [0.1, 0.15) is 0 Å². The Labute approximate surface area is 159 Å². The molecule has 0 radical (unpaired) electrons. The molecule has 0 unspecified atom stereocenters. The van der Waals surface area contributed by atoms with E-state index in [9.17, 15) is 13.2 Å². The van der Waals surface area contributed by atoms with Gasteiger partial charge < -0.3 is 0 Å². The molecule has 7 heteroatoms. The third-order valence-corrected chi connectivity index (χ3v) is 4.92. The van der Waals surface area contributed by atoms with E-state index in [1.54, 1.807) is 23.2 Å². The van der Waals surface area contributed by atoms with Crippen LogP contribution in [0.25, 0.3) is 0 Å². The minimum atomic E-state index is -3.36. The zero-order valence-corrected chi connectivity index (χ0v) is 16.4. The van der Waals surface area contributed by atoms with Crippen molar-refractivity contribution in [3.63, 3.8) is 0 Å². The van der Waals surface area contributed by atoms with E-state index in [-0.39, 0.29) is 17.9 Å². The first kappa shape index (κ1) is 19.1. The summed E-state index contributed by atoms with van der Waals surface area (Å²) in [5.74, 6) is -0.207. The number of hydrogen-bond donors (Lipinski definition) is 1. The Balaban J connectivity index is 1.95. The molecule has 6 nitrogen and oxygen atoms in total. The Hall–Kier alpha value is -2.67. The number of anilines is 1. The quantitative estimate of drug-likeness (QED) is 0.857. The Morgan fingerprint density at radius 2 is 1.85 bits per heavy atom. The van der Waals surface area contributed by atoms with Gasteiger partial charge in [0.05, 0.1) is 18.0 Å². The Morgan fingerprint density at radius 1 is 1.15 bits per heavy atom. The molecule has 2 aromatic carbocycles. The Bertz CT molecular complexity index is 969. The monoisotopic (exact) mass is 385 g/mol. The fraction of sp³-hybridized carbons (Fsp3) is 0.300. The number of carbonyl (C=O) groups is 1. The number of benzene rings is 2. The predicted octanol–water partition coefficient (Wildman–Crippen LogP) is 3.39. The van der Waals surface area contributed by atoms with Gasteiger partial charge in [0, 0.05) is 18.0 Å². The van der Waals surface area contributed by atoms with E-state index < -0.39 is 10.0 Å². The predicted molar refractivity (Wildman–Crippen MR) is 107 cm³/mol. The smallest absolute Gasteiger partial charge is 0.245 e. The topological polar surface area (TPSA) is 78.8 Å². The van der Waals surface area contributed by atoms with Crippen LogP contribution < -0.4 is 4.72 Å². The van der Waals surface area contributed by atoms with E-state index in [2.05, 4.69) is 9.82 Å². The van der Waals surface area contributed by atoms with Gasteiger partial charge in [-0.2, -0.15) is 5.10 Å². The summed E-state index contributed by atoms with van der Waals surface area (Å²) in [5.41, 5.74) is 3.05. The number of carbonyl (C=O) groups excluding carboxylic acids is 1. The standard InChI is InChI=1S/C20H23N3O3S/c1-14(2)20(24)23-19(15-8-5-4-6-9-15)13-18(21-23)16-10-7-11-17(12-16)22-27(3,25)26/h4-12,14,19,22H,13H2,1-3H3/t19-/m1/s1. The molecule has 1 aliphatic rings. The molecule has 142 valence electrons. The summed E-state index contributed by atoms with van der Waals surface area (Å²) in [4.78, 5) is 12.7. The van der Waals surface area contributed by atoms with E-state index in [1.165, 1.54) is 0 Å². The fourth-order valence-electron chi connectivity index (χ4n) is 3.06. The minimum absolute atomic E-state index is 0.0377. The molecule has 1 amide bonds. The average molecular weight is 385 g/mol. The molecular weight excluding hydrogens is 362 g/mol. The van der Waals surface area contributed by atoms with Crippen molar-refractivity contribution in [2.45, 2.75) is 26.3 Å². The number of hydrogen-bond acceptors (Lipinski definition) is 4. The molecular formula is C20H23N3O3S. The number of nitrogens with one attached hydrogen (secondary N) is 1. The van der Waals surface area contributed by atoms with Gasteiger partial charge >= 0.3 is 0 Å². The maximum Gasteiger partial charge on any atom is 0.245 e. The first-order valence-electron chi connectivity index (χ1n) is 8.78. The third kappa shape index (κ3) is 4.54. The second-order valence-electron chi connectivity index (χ2n) is 6.97. The molecule has 1 atom stereocenters. The molecule has 0 saturated carbocycles. The van der Waals surface area contributed by atoms with Gasteiger partial charge in [-0.05, 0) is 23.3 Å². The van der Waals surface area contributed by atoms with Crippen molar-refractivity contribution in [1.29, 1.82) is 0 Å². The van der Waals surface area contributed by atoms with Gasteiger partial charge in [-0.15, -0.1) is 0 Å². The molecule has 0 aromatic heterocycles. The zero-order chi connectivity index (χ0) is 19.6. The Kier molecular flexibility index (Phi) is 5.32. The van der Waals surface area contributed by atoms with Gasteiger partial charge in [0.15, 0.2) is 0 Å². The summed E-state index contributed by atoms with van der Waals surface area (Å²) in [6, 6.07) is 16.7. The number of amides is 1. The SMILES string of the molecule is CC(C)C(=O)N1N=C(c2cccc(NS(C)(=O)=O)c2)C[C@@H]1c1ccccc1. The van der Waals surface area contributed by atoms with Crippen molar-refractivity contribution in [3.8, 4) is 0 Å². The molecule has 27 heavy (non-hydrogen) atoms. The van der Waals surface area contributed by atoms with E-state index in [1.807, 2.05) is 50.2 Å². The van der Waals surface area contributed by atoms with Crippen LogP contribution in [0.5, 0.6) is 0 Å². The summed E-state index contributed by atoms with van der Waals surface area (Å²) in [6.45, 7) is 3.71. The van der Waals surface area contributed by atoms with E-state index >= 15 is 0 Å². The van der Waals surface area contributed by atoms with Crippen LogP contribution >= 0.6 is 0 Å². The van der Waals surface area contributed by atoms with Gasteiger partial charge in [0.25, 0.3) is 0 Å². The van der Waals surface area contributed by atoms with Crippen LogP contribution in [0.3, 0.4) is 0 Å². The first-order chi connectivity index (χ1) is 12.7. The molecule has 0 bridgehead atoms. The largest absolute Gasteiger partial charge is 0.284 e. The maximum atomic E-state index is 12.7.